The zero-order valence-corrected chi connectivity index (χ0v) is 34.1. The normalized spacial score (nSPS) is 11.6. The lowest BCUT2D eigenvalue weighted by atomic mass is 9.94. The number of anilines is 3. The Morgan fingerprint density at radius 3 is 1.70 bits per heavy atom. The summed E-state index contributed by atoms with van der Waals surface area (Å²) in [5, 5.41) is 7.58. The van der Waals surface area contributed by atoms with Crippen LogP contribution in [0, 0.1) is 0 Å². The Balaban J connectivity index is 1.07. The number of aromatic nitrogens is 1. The molecule has 0 fully saturated rings. The fourth-order valence-corrected chi connectivity index (χ4v) is 10.5. The molecule has 0 radical (unpaired) electrons. The lowest BCUT2D eigenvalue weighted by molar-refractivity contribution is 1.18. The molecule has 3 heteroatoms. The zero-order chi connectivity index (χ0) is 40.3. The molecule has 0 spiro atoms. The first kappa shape index (κ1) is 35.2. The van der Waals surface area contributed by atoms with Crippen molar-refractivity contribution in [1.82, 2.24) is 4.57 Å². The fraction of sp³-hybridized carbons (Fsp3) is 0. The standard InChI is InChI=1S/C58H38N2S/c1-2-15-40(16-3-1)48-35-31-42(46-24-14-18-39-17-4-5-19-45(39)46)37-56(48)59(44-34-36-52-51-23-9-13-28-57(51)61-58(52)38-44)43-32-29-41(30-33-43)47-20-6-10-25-53(47)60-54-26-11-7-21-49(54)50-22-8-12-27-55(50)60/h1-38H. The van der Waals surface area contributed by atoms with E-state index in [2.05, 4.69) is 240 Å². The van der Waals surface area contributed by atoms with Crippen LogP contribution >= 0.6 is 11.3 Å². The molecule has 12 aromatic rings. The predicted octanol–water partition coefficient (Wildman–Crippen LogP) is 16.8. The van der Waals surface area contributed by atoms with Crippen molar-refractivity contribution in [1.29, 1.82) is 0 Å². The second-order valence-corrected chi connectivity index (χ2v) is 16.8. The highest BCUT2D eigenvalue weighted by Gasteiger charge is 2.21. The van der Waals surface area contributed by atoms with Gasteiger partial charge in [0.25, 0.3) is 0 Å². The SMILES string of the molecule is c1ccc(-c2ccc(-c3cccc4ccccc34)cc2N(c2ccc(-c3ccccc3-n3c4ccccc4c4ccccc43)cc2)c2ccc3c(c2)sc2ccccc23)cc1. The minimum atomic E-state index is 1.09. The van der Waals surface area contributed by atoms with Crippen LogP contribution < -0.4 is 4.90 Å². The van der Waals surface area contributed by atoms with E-state index < -0.39 is 0 Å². The van der Waals surface area contributed by atoms with Crippen molar-refractivity contribution >= 4 is 81.1 Å². The Morgan fingerprint density at radius 1 is 0.328 bits per heavy atom. The monoisotopic (exact) mass is 794 g/mol. The van der Waals surface area contributed by atoms with Crippen molar-refractivity contribution in [3.8, 4) is 39.1 Å². The third-order valence-corrected chi connectivity index (χ3v) is 13.3. The molecule has 10 aromatic carbocycles. The molecule has 2 nitrogen and oxygen atoms in total. The van der Waals surface area contributed by atoms with Crippen LogP contribution in [0.15, 0.2) is 231 Å². The summed E-state index contributed by atoms with van der Waals surface area (Å²) in [5.41, 5.74) is 14.0. The fourth-order valence-electron chi connectivity index (χ4n) is 9.39. The second-order valence-electron chi connectivity index (χ2n) is 15.7. The number of para-hydroxylation sites is 3. The third-order valence-electron chi connectivity index (χ3n) is 12.2. The van der Waals surface area contributed by atoms with Gasteiger partial charge in [-0.15, -0.1) is 11.3 Å². The lowest BCUT2D eigenvalue weighted by Gasteiger charge is -2.29. The zero-order valence-electron chi connectivity index (χ0n) is 33.2. The van der Waals surface area contributed by atoms with Gasteiger partial charge in [0.15, 0.2) is 0 Å². The number of hydrogen-bond acceptors (Lipinski definition) is 2. The highest BCUT2D eigenvalue weighted by atomic mass is 32.1. The van der Waals surface area contributed by atoms with E-state index in [0.717, 1.165) is 28.3 Å². The van der Waals surface area contributed by atoms with E-state index in [0.29, 0.717) is 0 Å². The minimum absolute atomic E-state index is 1.09. The molecule has 0 amide bonds. The van der Waals surface area contributed by atoms with E-state index in [1.54, 1.807) is 0 Å². The Bertz CT molecular complexity index is 3540. The second kappa shape index (κ2) is 14.5. The number of rotatable bonds is 7. The predicted molar refractivity (Wildman–Crippen MR) is 262 cm³/mol. The molecular formula is C58H38N2S. The summed E-state index contributed by atoms with van der Waals surface area (Å²) in [6.07, 6.45) is 0. The summed E-state index contributed by atoms with van der Waals surface area (Å²) in [5.74, 6) is 0. The van der Waals surface area contributed by atoms with Crippen molar-refractivity contribution in [3.63, 3.8) is 0 Å². The van der Waals surface area contributed by atoms with E-state index in [1.165, 1.54) is 80.6 Å². The van der Waals surface area contributed by atoms with E-state index in [9.17, 15) is 0 Å². The van der Waals surface area contributed by atoms with Gasteiger partial charge in [0.05, 0.1) is 22.4 Å². The largest absolute Gasteiger partial charge is 0.310 e. The summed E-state index contributed by atoms with van der Waals surface area (Å²) < 4.78 is 4.99. The molecule has 286 valence electrons. The van der Waals surface area contributed by atoms with E-state index in [4.69, 9.17) is 0 Å². The highest BCUT2D eigenvalue weighted by molar-refractivity contribution is 7.25. The first-order valence-electron chi connectivity index (χ1n) is 20.8. The average Bonchev–Trinajstić information content (AvgIpc) is 3.87. The van der Waals surface area contributed by atoms with Gasteiger partial charge >= 0.3 is 0 Å². The number of benzene rings is 10. The molecule has 0 aliphatic carbocycles. The maximum atomic E-state index is 2.46. The van der Waals surface area contributed by atoms with Crippen molar-refractivity contribution in [2.75, 3.05) is 4.90 Å². The van der Waals surface area contributed by atoms with Gasteiger partial charge < -0.3 is 9.47 Å². The molecule has 0 saturated heterocycles. The Morgan fingerprint density at radius 2 is 0.902 bits per heavy atom. The van der Waals surface area contributed by atoms with Crippen molar-refractivity contribution in [2.24, 2.45) is 0 Å². The summed E-state index contributed by atoms with van der Waals surface area (Å²) in [7, 11) is 0. The van der Waals surface area contributed by atoms with Gasteiger partial charge in [-0.1, -0.05) is 176 Å². The van der Waals surface area contributed by atoms with Crippen LogP contribution in [-0.4, -0.2) is 4.57 Å². The minimum Gasteiger partial charge on any atom is -0.310 e. The molecular weight excluding hydrogens is 757 g/mol. The van der Waals surface area contributed by atoms with Gasteiger partial charge in [-0.25, -0.2) is 0 Å². The van der Waals surface area contributed by atoms with E-state index >= 15 is 0 Å². The molecule has 0 bridgehead atoms. The van der Waals surface area contributed by atoms with Crippen molar-refractivity contribution in [3.05, 3.63) is 231 Å². The molecule has 0 saturated carbocycles. The van der Waals surface area contributed by atoms with E-state index in [-0.39, 0.29) is 0 Å². The van der Waals surface area contributed by atoms with Crippen LogP contribution in [0.3, 0.4) is 0 Å². The third kappa shape index (κ3) is 5.93. The molecule has 0 unspecified atom stereocenters. The first-order chi connectivity index (χ1) is 30.3. The van der Waals surface area contributed by atoms with Crippen LogP contribution in [0.25, 0.3) is 91.8 Å². The number of thiophene rings is 1. The maximum absolute atomic E-state index is 2.46. The van der Waals surface area contributed by atoms with Gasteiger partial charge in [-0.3, -0.25) is 0 Å². The van der Waals surface area contributed by atoms with Crippen LogP contribution in [0.5, 0.6) is 0 Å². The van der Waals surface area contributed by atoms with Gasteiger partial charge in [0.1, 0.15) is 0 Å². The lowest BCUT2D eigenvalue weighted by Crippen LogP contribution is -2.11. The van der Waals surface area contributed by atoms with Crippen molar-refractivity contribution in [2.45, 2.75) is 0 Å². The number of hydrogen-bond donors (Lipinski definition) is 0. The van der Waals surface area contributed by atoms with Crippen LogP contribution in [0.1, 0.15) is 0 Å². The topological polar surface area (TPSA) is 8.17 Å². The smallest absolute Gasteiger partial charge is 0.0546 e. The van der Waals surface area contributed by atoms with Crippen LogP contribution in [-0.2, 0) is 0 Å². The molecule has 0 aliphatic rings. The summed E-state index contributed by atoms with van der Waals surface area (Å²) in [4.78, 5) is 2.46. The van der Waals surface area contributed by atoms with Gasteiger partial charge in [-0.2, -0.15) is 0 Å². The molecule has 2 aromatic heterocycles. The summed E-state index contributed by atoms with van der Waals surface area (Å²) in [6.45, 7) is 0. The van der Waals surface area contributed by atoms with Crippen LogP contribution in [0.4, 0.5) is 17.1 Å². The molecule has 2 heterocycles. The van der Waals surface area contributed by atoms with Gasteiger partial charge in [0, 0.05) is 53.4 Å². The average molecular weight is 795 g/mol. The Hall–Kier alpha value is -7.72. The molecule has 0 N–H and O–H groups in total. The Labute approximate surface area is 358 Å². The summed E-state index contributed by atoms with van der Waals surface area (Å²) in [6, 6.07) is 84.3. The Kier molecular flexibility index (Phi) is 8.39. The van der Waals surface area contributed by atoms with Gasteiger partial charge in [-0.05, 0) is 87.6 Å². The molecule has 0 aliphatic heterocycles. The number of nitrogens with zero attached hydrogens (tertiary/aromatic N) is 2. The highest BCUT2D eigenvalue weighted by Crippen LogP contribution is 2.46. The quantitative estimate of drug-likeness (QED) is 0.156. The van der Waals surface area contributed by atoms with Crippen molar-refractivity contribution < 1.29 is 0 Å². The number of fused-ring (bicyclic) bond motifs is 7. The first-order valence-corrected chi connectivity index (χ1v) is 21.7. The van der Waals surface area contributed by atoms with Gasteiger partial charge in [0.2, 0.25) is 0 Å². The van der Waals surface area contributed by atoms with E-state index in [1.807, 2.05) is 11.3 Å². The summed E-state index contributed by atoms with van der Waals surface area (Å²) >= 11 is 1.86. The molecule has 61 heavy (non-hydrogen) atoms. The van der Waals surface area contributed by atoms with Crippen LogP contribution in [0.2, 0.25) is 0 Å². The molecule has 12 rings (SSSR count). The maximum Gasteiger partial charge on any atom is 0.0546 e. The molecule has 0 atom stereocenters.